The molecule has 0 saturated carbocycles. The summed E-state index contributed by atoms with van der Waals surface area (Å²) in [5.41, 5.74) is -0.0168. The summed E-state index contributed by atoms with van der Waals surface area (Å²) in [6.07, 6.45) is 1.18. The van der Waals surface area contributed by atoms with Gasteiger partial charge in [0.15, 0.2) is 11.6 Å². The quantitative estimate of drug-likeness (QED) is 0.653. The summed E-state index contributed by atoms with van der Waals surface area (Å²) < 4.78 is 5.00. The van der Waals surface area contributed by atoms with E-state index in [4.69, 9.17) is 9.52 Å². The number of nitrogens with one attached hydrogen (secondary N) is 1. The molecule has 64 valence electrons. The van der Waals surface area contributed by atoms with Crippen LogP contribution in [0, 0.1) is 0 Å². The lowest BCUT2D eigenvalue weighted by Gasteiger charge is -2.23. The van der Waals surface area contributed by atoms with Crippen molar-refractivity contribution >= 4 is 5.97 Å². The average Bonchev–Trinajstić information content (AvgIpc) is 2.32. The second-order valence-corrected chi connectivity index (χ2v) is 2.73. The fourth-order valence-electron chi connectivity index (χ4n) is 1.04. The van der Waals surface area contributed by atoms with Crippen LogP contribution in [-0.2, 0) is 0 Å². The van der Waals surface area contributed by atoms with Gasteiger partial charge in [-0.1, -0.05) is 0 Å². The van der Waals surface area contributed by atoms with Gasteiger partial charge < -0.3 is 14.8 Å². The molecule has 1 aromatic heterocycles. The molecule has 0 spiro atoms. The normalized spacial score (nSPS) is 17.3. The van der Waals surface area contributed by atoms with Crippen LogP contribution in [0.5, 0.6) is 0 Å². The van der Waals surface area contributed by atoms with Gasteiger partial charge in [0.25, 0.3) is 0 Å². The van der Waals surface area contributed by atoms with Gasteiger partial charge in [-0.3, -0.25) is 0 Å². The molecule has 5 nitrogen and oxygen atoms in total. The van der Waals surface area contributed by atoms with Crippen LogP contribution in [0.2, 0.25) is 0 Å². The number of aromatic nitrogens is 1. The minimum absolute atomic E-state index is 0.0168. The number of aromatic carboxylic acids is 1. The summed E-state index contributed by atoms with van der Waals surface area (Å²) >= 11 is 0. The maximum absolute atomic E-state index is 10.4. The van der Waals surface area contributed by atoms with Crippen LogP contribution in [0.4, 0.5) is 0 Å². The van der Waals surface area contributed by atoms with Gasteiger partial charge >= 0.3 is 5.97 Å². The van der Waals surface area contributed by atoms with E-state index in [1.165, 1.54) is 6.26 Å². The highest BCUT2D eigenvalue weighted by Crippen LogP contribution is 2.18. The number of carboxylic acids is 1. The number of oxazole rings is 1. The zero-order chi connectivity index (χ0) is 8.55. The Hall–Kier alpha value is -1.36. The first-order valence-electron chi connectivity index (χ1n) is 3.67. The van der Waals surface area contributed by atoms with Crippen molar-refractivity contribution in [3.8, 4) is 0 Å². The number of hydrogen-bond donors (Lipinski definition) is 2. The van der Waals surface area contributed by atoms with Gasteiger partial charge in [0.1, 0.15) is 6.26 Å². The Balaban J connectivity index is 2.17. The topological polar surface area (TPSA) is 75.4 Å². The van der Waals surface area contributed by atoms with Crippen LogP contribution < -0.4 is 5.32 Å². The Morgan fingerprint density at radius 1 is 1.75 bits per heavy atom. The van der Waals surface area contributed by atoms with E-state index < -0.39 is 5.97 Å². The number of carbonyl (C=O) groups is 1. The van der Waals surface area contributed by atoms with Crippen molar-refractivity contribution in [2.24, 2.45) is 0 Å². The second kappa shape index (κ2) is 2.60. The number of rotatable bonds is 2. The van der Waals surface area contributed by atoms with Crippen molar-refractivity contribution in [3.05, 3.63) is 17.8 Å². The van der Waals surface area contributed by atoms with E-state index in [-0.39, 0.29) is 11.6 Å². The molecule has 0 amide bonds. The predicted octanol–water partition coefficient (Wildman–Crippen LogP) is 0.0596. The lowest BCUT2D eigenvalue weighted by atomic mass is 10.0. The first-order valence-corrected chi connectivity index (χ1v) is 3.67. The van der Waals surface area contributed by atoms with Crippen molar-refractivity contribution in [3.63, 3.8) is 0 Å². The molecule has 0 bridgehead atoms. The lowest BCUT2D eigenvalue weighted by molar-refractivity contribution is 0.0690. The van der Waals surface area contributed by atoms with E-state index in [0.717, 1.165) is 13.1 Å². The van der Waals surface area contributed by atoms with Crippen LogP contribution in [-0.4, -0.2) is 29.1 Å². The van der Waals surface area contributed by atoms with Gasteiger partial charge in [0, 0.05) is 13.1 Å². The molecular weight excluding hydrogens is 160 g/mol. The molecule has 0 atom stereocenters. The standard InChI is InChI=1S/C7H8N2O3/c10-7(11)5-3-12-6(9-5)4-1-8-2-4/h3-4,8H,1-2H2,(H,10,11). The predicted molar refractivity (Wildman–Crippen MR) is 39.1 cm³/mol. The summed E-state index contributed by atoms with van der Waals surface area (Å²) in [4.78, 5) is 14.2. The molecule has 0 aliphatic carbocycles. The molecule has 1 aliphatic rings. The van der Waals surface area contributed by atoms with Crippen molar-refractivity contribution in [1.29, 1.82) is 0 Å². The van der Waals surface area contributed by atoms with E-state index in [0.29, 0.717) is 5.89 Å². The van der Waals surface area contributed by atoms with Crippen LogP contribution in [0.3, 0.4) is 0 Å². The molecule has 0 unspecified atom stereocenters. The Kier molecular flexibility index (Phi) is 1.58. The lowest BCUT2D eigenvalue weighted by Crippen LogP contribution is -2.40. The number of carboxylic acid groups (broad SMARTS) is 1. The first-order chi connectivity index (χ1) is 5.77. The minimum Gasteiger partial charge on any atom is -0.476 e. The van der Waals surface area contributed by atoms with Crippen molar-refractivity contribution in [2.45, 2.75) is 5.92 Å². The Bertz CT molecular complexity index is 303. The summed E-state index contributed by atoms with van der Waals surface area (Å²) in [7, 11) is 0. The third-order valence-electron chi connectivity index (χ3n) is 1.87. The molecule has 1 aromatic rings. The Morgan fingerprint density at radius 3 is 2.92 bits per heavy atom. The highest BCUT2D eigenvalue weighted by Gasteiger charge is 2.24. The molecule has 2 rings (SSSR count). The van der Waals surface area contributed by atoms with Gasteiger partial charge in [-0.15, -0.1) is 0 Å². The average molecular weight is 168 g/mol. The summed E-state index contributed by atoms with van der Waals surface area (Å²) in [6, 6.07) is 0. The van der Waals surface area contributed by atoms with Crippen molar-refractivity contribution < 1.29 is 14.3 Å². The van der Waals surface area contributed by atoms with Gasteiger partial charge in [-0.05, 0) is 0 Å². The number of hydrogen-bond acceptors (Lipinski definition) is 4. The largest absolute Gasteiger partial charge is 0.476 e. The van der Waals surface area contributed by atoms with Gasteiger partial charge in [0.05, 0.1) is 5.92 Å². The maximum Gasteiger partial charge on any atom is 0.357 e. The molecule has 0 radical (unpaired) electrons. The molecule has 2 heterocycles. The minimum atomic E-state index is -1.04. The smallest absolute Gasteiger partial charge is 0.357 e. The highest BCUT2D eigenvalue weighted by atomic mass is 16.4. The molecule has 0 aromatic carbocycles. The molecule has 1 fully saturated rings. The monoisotopic (exact) mass is 168 g/mol. The van der Waals surface area contributed by atoms with Crippen molar-refractivity contribution in [2.75, 3.05) is 13.1 Å². The fourth-order valence-corrected chi connectivity index (χ4v) is 1.04. The van der Waals surface area contributed by atoms with Crippen molar-refractivity contribution in [1.82, 2.24) is 10.3 Å². The van der Waals surface area contributed by atoms with Crippen LogP contribution in [0.1, 0.15) is 22.3 Å². The van der Waals surface area contributed by atoms with E-state index >= 15 is 0 Å². The third-order valence-corrected chi connectivity index (χ3v) is 1.87. The van der Waals surface area contributed by atoms with Gasteiger partial charge in [-0.25, -0.2) is 9.78 Å². The summed E-state index contributed by atoms with van der Waals surface area (Å²) in [6.45, 7) is 1.64. The Morgan fingerprint density at radius 2 is 2.50 bits per heavy atom. The molecule has 5 heteroatoms. The van der Waals surface area contributed by atoms with E-state index in [1.54, 1.807) is 0 Å². The van der Waals surface area contributed by atoms with Gasteiger partial charge in [0.2, 0.25) is 0 Å². The molecular formula is C7H8N2O3. The third kappa shape index (κ3) is 1.08. The molecule has 1 saturated heterocycles. The zero-order valence-corrected chi connectivity index (χ0v) is 6.28. The molecule has 1 aliphatic heterocycles. The summed E-state index contributed by atoms with van der Waals surface area (Å²) in [5, 5.41) is 11.6. The van der Waals surface area contributed by atoms with Crippen LogP contribution in [0.25, 0.3) is 0 Å². The number of nitrogens with zero attached hydrogens (tertiary/aromatic N) is 1. The van der Waals surface area contributed by atoms with Crippen LogP contribution in [0.15, 0.2) is 10.7 Å². The van der Waals surface area contributed by atoms with Gasteiger partial charge in [-0.2, -0.15) is 0 Å². The summed E-state index contributed by atoms with van der Waals surface area (Å²) in [5.74, 6) is -0.276. The zero-order valence-electron chi connectivity index (χ0n) is 6.28. The first kappa shape index (κ1) is 7.30. The Labute approximate surface area is 68.4 Å². The van der Waals surface area contributed by atoms with Crippen LogP contribution >= 0.6 is 0 Å². The molecule has 2 N–H and O–H groups in total. The maximum atomic E-state index is 10.4. The SMILES string of the molecule is O=C(O)c1coc(C2CNC2)n1. The fraction of sp³-hybridized carbons (Fsp3) is 0.429. The van der Waals surface area contributed by atoms with E-state index in [2.05, 4.69) is 10.3 Å². The van der Waals surface area contributed by atoms with E-state index in [1.807, 2.05) is 0 Å². The second-order valence-electron chi connectivity index (χ2n) is 2.73. The van der Waals surface area contributed by atoms with E-state index in [9.17, 15) is 4.79 Å². The molecule has 12 heavy (non-hydrogen) atoms. The highest BCUT2D eigenvalue weighted by molar-refractivity contribution is 5.84.